The molecule has 0 aliphatic rings. The lowest BCUT2D eigenvalue weighted by atomic mass is 10.2. The fourth-order valence-electron chi connectivity index (χ4n) is 1.67. The molecule has 0 aliphatic heterocycles. The first-order valence-electron chi connectivity index (χ1n) is 6.11. The van der Waals surface area contributed by atoms with E-state index in [2.05, 4.69) is 18.0 Å². The van der Waals surface area contributed by atoms with Crippen molar-refractivity contribution in [1.82, 2.24) is 4.98 Å². The number of thiazole rings is 1. The molecule has 102 valence electrons. The maximum atomic E-state index is 6.16. The van der Waals surface area contributed by atoms with Crippen LogP contribution >= 0.6 is 34.7 Å². The van der Waals surface area contributed by atoms with Gasteiger partial charge in [-0.1, -0.05) is 17.7 Å². The lowest BCUT2D eigenvalue weighted by Gasteiger charge is -2.09. The number of hydrogen-bond acceptors (Lipinski definition) is 4. The average Bonchev–Trinajstić information content (AvgIpc) is 2.66. The second-order valence-corrected chi connectivity index (χ2v) is 7.30. The van der Waals surface area contributed by atoms with Crippen molar-refractivity contribution >= 4 is 34.7 Å². The third kappa shape index (κ3) is 4.49. The molecule has 0 spiro atoms. The molecule has 1 aromatic heterocycles. The number of aryl methyl sites for hydroxylation is 2. The maximum Gasteiger partial charge on any atom is 0.0946 e. The van der Waals surface area contributed by atoms with E-state index < -0.39 is 0 Å². The summed E-state index contributed by atoms with van der Waals surface area (Å²) in [6.07, 6.45) is 0.840. The molecule has 1 atom stereocenters. The second-order valence-electron chi connectivity index (χ2n) is 4.48. The lowest BCUT2D eigenvalue weighted by molar-refractivity contribution is 0.742. The first-order chi connectivity index (χ1) is 9.04. The highest BCUT2D eigenvalue weighted by atomic mass is 35.5. The first-order valence-corrected chi connectivity index (χ1v) is 8.29. The van der Waals surface area contributed by atoms with Crippen LogP contribution < -0.4 is 5.73 Å². The summed E-state index contributed by atoms with van der Waals surface area (Å²) >= 11 is 9.44. The van der Waals surface area contributed by atoms with Gasteiger partial charge in [0.25, 0.3) is 0 Å². The SMILES string of the molecule is Cc1nc(CC(N)CSc2cccc(Cl)c2)sc1C. The molecule has 1 unspecified atom stereocenters. The van der Waals surface area contributed by atoms with Gasteiger partial charge in [0, 0.05) is 33.0 Å². The molecular weight excluding hydrogens is 296 g/mol. The van der Waals surface area contributed by atoms with Crippen LogP contribution in [0.25, 0.3) is 0 Å². The van der Waals surface area contributed by atoms with E-state index in [1.54, 1.807) is 23.1 Å². The predicted molar refractivity (Wildman–Crippen MR) is 85.4 cm³/mol. The van der Waals surface area contributed by atoms with Crippen molar-refractivity contribution in [3.63, 3.8) is 0 Å². The lowest BCUT2D eigenvalue weighted by Crippen LogP contribution is -2.25. The fraction of sp³-hybridized carbons (Fsp3) is 0.357. The molecule has 1 aromatic carbocycles. The van der Waals surface area contributed by atoms with Crippen molar-refractivity contribution in [3.05, 3.63) is 44.9 Å². The zero-order valence-corrected chi connectivity index (χ0v) is 13.4. The Labute approximate surface area is 127 Å². The van der Waals surface area contributed by atoms with Gasteiger partial charge >= 0.3 is 0 Å². The Balaban J connectivity index is 1.86. The van der Waals surface area contributed by atoms with Crippen LogP contribution in [-0.2, 0) is 6.42 Å². The van der Waals surface area contributed by atoms with Crippen molar-refractivity contribution in [1.29, 1.82) is 0 Å². The van der Waals surface area contributed by atoms with E-state index in [-0.39, 0.29) is 6.04 Å². The summed E-state index contributed by atoms with van der Waals surface area (Å²) in [4.78, 5) is 6.97. The van der Waals surface area contributed by atoms with E-state index in [0.29, 0.717) is 0 Å². The van der Waals surface area contributed by atoms with Gasteiger partial charge in [-0.15, -0.1) is 23.1 Å². The van der Waals surface area contributed by atoms with Crippen LogP contribution in [0.4, 0.5) is 0 Å². The molecule has 0 aliphatic carbocycles. The normalized spacial score (nSPS) is 12.6. The minimum absolute atomic E-state index is 0.119. The van der Waals surface area contributed by atoms with Gasteiger partial charge in [0.2, 0.25) is 0 Å². The van der Waals surface area contributed by atoms with Gasteiger partial charge < -0.3 is 5.73 Å². The first kappa shape index (κ1) is 14.9. The number of aromatic nitrogens is 1. The van der Waals surface area contributed by atoms with E-state index >= 15 is 0 Å². The van der Waals surface area contributed by atoms with Crippen molar-refractivity contribution in [2.75, 3.05) is 5.75 Å². The second kappa shape index (κ2) is 6.75. The van der Waals surface area contributed by atoms with Crippen molar-refractivity contribution < 1.29 is 0 Å². The number of halogens is 1. The molecular formula is C14H17ClN2S2. The Morgan fingerprint density at radius 1 is 1.42 bits per heavy atom. The van der Waals surface area contributed by atoms with Gasteiger partial charge in [-0.2, -0.15) is 0 Å². The van der Waals surface area contributed by atoms with Gasteiger partial charge in [-0.25, -0.2) is 4.98 Å². The number of thioether (sulfide) groups is 1. The largest absolute Gasteiger partial charge is 0.327 e. The Morgan fingerprint density at radius 2 is 2.21 bits per heavy atom. The summed E-state index contributed by atoms with van der Waals surface area (Å²) in [5.74, 6) is 0.873. The van der Waals surface area contributed by atoms with Crippen molar-refractivity contribution in [2.45, 2.75) is 31.2 Å². The molecule has 0 bridgehead atoms. The summed E-state index contributed by atoms with van der Waals surface area (Å²) in [6, 6.07) is 7.99. The van der Waals surface area contributed by atoms with Crippen LogP contribution in [0, 0.1) is 13.8 Å². The quantitative estimate of drug-likeness (QED) is 0.846. The third-order valence-corrected chi connectivity index (χ3v) is 5.28. The molecule has 2 N–H and O–H groups in total. The monoisotopic (exact) mass is 312 g/mol. The van der Waals surface area contributed by atoms with Gasteiger partial charge in [0.05, 0.1) is 10.7 Å². The van der Waals surface area contributed by atoms with E-state index in [1.807, 2.05) is 25.1 Å². The maximum absolute atomic E-state index is 6.16. The Morgan fingerprint density at radius 3 is 2.84 bits per heavy atom. The van der Waals surface area contributed by atoms with E-state index in [0.717, 1.165) is 32.8 Å². The highest BCUT2D eigenvalue weighted by Gasteiger charge is 2.10. The molecule has 2 aromatic rings. The standard InChI is InChI=1S/C14H17ClN2S2/c1-9-10(2)19-14(17-9)7-12(16)8-18-13-5-3-4-11(15)6-13/h3-6,12H,7-8,16H2,1-2H3. The Bertz CT molecular complexity index is 535. The van der Waals surface area contributed by atoms with E-state index in [4.69, 9.17) is 17.3 Å². The summed E-state index contributed by atoms with van der Waals surface area (Å²) in [6.45, 7) is 4.14. The number of nitrogens with two attached hydrogens (primary N) is 1. The Kier molecular flexibility index (Phi) is 5.28. The highest BCUT2D eigenvalue weighted by molar-refractivity contribution is 7.99. The van der Waals surface area contributed by atoms with Crippen molar-refractivity contribution in [3.8, 4) is 0 Å². The number of benzene rings is 1. The fourth-order valence-corrected chi connectivity index (χ4v) is 3.86. The summed E-state index contributed by atoms with van der Waals surface area (Å²) in [5.41, 5.74) is 7.28. The van der Waals surface area contributed by atoms with Crippen LogP contribution in [-0.4, -0.2) is 16.8 Å². The summed E-state index contributed by atoms with van der Waals surface area (Å²) < 4.78 is 0. The molecule has 2 rings (SSSR count). The zero-order valence-electron chi connectivity index (χ0n) is 11.0. The molecule has 1 heterocycles. The van der Waals surface area contributed by atoms with E-state index in [9.17, 15) is 0 Å². The van der Waals surface area contributed by atoms with Gasteiger partial charge in [0.15, 0.2) is 0 Å². The molecule has 0 amide bonds. The number of hydrogen-bond donors (Lipinski definition) is 1. The predicted octanol–water partition coefficient (Wildman–Crippen LogP) is 4.08. The van der Waals surface area contributed by atoms with Crippen LogP contribution in [0.5, 0.6) is 0 Å². The smallest absolute Gasteiger partial charge is 0.0946 e. The number of nitrogens with zero attached hydrogens (tertiary/aromatic N) is 1. The van der Waals surface area contributed by atoms with Crippen LogP contribution in [0.15, 0.2) is 29.2 Å². The van der Waals surface area contributed by atoms with Crippen LogP contribution in [0.3, 0.4) is 0 Å². The average molecular weight is 313 g/mol. The Hall–Kier alpha value is -0.550. The van der Waals surface area contributed by atoms with Gasteiger partial charge in [-0.3, -0.25) is 0 Å². The highest BCUT2D eigenvalue weighted by Crippen LogP contribution is 2.23. The molecule has 2 nitrogen and oxygen atoms in total. The third-order valence-electron chi connectivity index (χ3n) is 2.77. The van der Waals surface area contributed by atoms with Gasteiger partial charge in [0.1, 0.15) is 0 Å². The van der Waals surface area contributed by atoms with Gasteiger partial charge in [-0.05, 0) is 32.0 Å². The minimum Gasteiger partial charge on any atom is -0.327 e. The van der Waals surface area contributed by atoms with Crippen LogP contribution in [0.1, 0.15) is 15.6 Å². The zero-order chi connectivity index (χ0) is 13.8. The molecule has 0 saturated carbocycles. The van der Waals surface area contributed by atoms with Crippen molar-refractivity contribution in [2.24, 2.45) is 5.73 Å². The van der Waals surface area contributed by atoms with Crippen LogP contribution in [0.2, 0.25) is 5.02 Å². The van der Waals surface area contributed by atoms with E-state index in [1.165, 1.54) is 4.88 Å². The summed E-state index contributed by atoms with van der Waals surface area (Å²) in [7, 11) is 0. The molecule has 0 fully saturated rings. The number of rotatable bonds is 5. The molecule has 19 heavy (non-hydrogen) atoms. The summed E-state index contributed by atoms with van der Waals surface area (Å²) in [5, 5.41) is 1.90. The molecule has 0 radical (unpaired) electrons. The molecule has 0 saturated heterocycles. The topological polar surface area (TPSA) is 38.9 Å². The molecule has 5 heteroatoms. The minimum atomic E-state index is 0.119.